The van der Waals surface area contributed by atoms with Crippen molar-refractivity contribution in [1.29, 1.82) is 0 Å². The molecular formula is C13H17N3O2S. The summed E-state index contributed by atoms with van der Waals surface area (Å²) in [6.45, 7) is 6.29. The number of hydrogen-bond donors (Lipinski definition) is 1. The Morgan fingerprint density at radius 1 is 1.26 bits per heavy atom. The molecule has 0 spiro atoms. The van der Waals surface area contributed by atoms with E-state index >= 15 is 0 Å². The number of nitrogens with zero attached hydrogens (tertiary/aromatic N) is 2. The van der Waals surface area contributed by atoms with Crippen LogP contribution in [0.1, 0.15) is 18.1 Å². The smallest absolute Gasteiger partial charge is 0.265 e. The third kappa shape index (κ3) is 2.78. The Labute approximate surface area is 113 Å². The number of nitrogens with one attached hydrogen (secondary N) is 1. The molecule has 0 aliphatic carbocycles. The van der Waals surface area contributed by atoms with E-state index in [1.54, 1.807) is 4.68 Å². The molecule has 1 aromatic carbocycles. The van der Waals surface area contributed by atoms with Crippen LogP contribution < -0.4 is 4.72 Å². The van der Waals surface area contributed by atoms with Crippen molar-refractivity contribution in [2.45, 2.75) is 32.2 Å². The highest BCUT2D eigenvalue weighted by molar-refractivity contribution is 7.92. The lowest BCUT2D eigenvalue weighted by Crippen LogP contribution is -2.14. The maximum atomic E-state index is 12.3. The van der Waals surface area contributed by atoms with Crippen LogP contribution in [0.25, 0.3) is 0 Å². The first kappa shape index (κ1) is 13.6. The Bertz CT molecular complexity index is 669. The fourth-order valence-corrected chi connectivity index (χ4v) is 2.98. The number of hydrogen-bond acceptors (Lipinski definition) is 3. The first-order valence-electron chi connectivity index (χ1n) is 6.05. The van der Waals surface area contributed by atoms with Crippen LogP contribution in [0.5, 0.6) is 0 Å². The Morgan fingerprint density at radius 2 is 1.89 bits per heavy atom. The Balaban J connectivity index is 2.36. The fourth-order valence-electron chi connectivity index (χ4n) is 1.83. The van der Waals surface area contributed by atoms with E-state index in [0.29, 0.717) is 12.2 Å². The van der Waals surface area contributed by atoms with E-state index < -0.39 is 10.0 Å². The van der Waals surface area contributed by atoms with Crippen LogP contribution >= 0.6 is 0 Å². The van der Waals surface area contributed by atoms with Gasteiger partial charge in [0.2, 0.25) is 0 Å². The van der Waals surface area contributed by atoms with Crippen LogP contribution in [0, 0.1) is 13.8 Å². The van der Waals surface area contributed by atoms with Gasteiger partial charge in [-0.3, -0.25) is 9.40 Å². The predicted molar refractivity (Wildman–Crippen MR) is 74.6 cm³/mol. The molecule has 0 atom stereocenters. The minimum atomic E-state index is -3.58. The van der Waals surface area contributed by atoms with E-state index in [1.807, 2.05) is 39.0 Å². The number of anilines is 1. The van der Waals surface area contributed by atoms with Crippen LogP contribution in [0.2, 0.25) is 0 Å². The molecule has 0 fully saturated rings. The number of aryl methyl sites for hydroxylation is 3. The van der Waals surface area contributed by atoms with Crippen LogP contribution in [0.4, 0.5) is 5.69 Å². The lowest BCUT2D eigenvalue weighted by molar-refractivity contribution is 0.600. The molecule has 1 heterocycles. The zero-order valence-electron chi connectivity index (χ0n) is 11.2. The van der Waals surface area contributed by atoms with Gasteiger partial charge in [-0.05, 0) is 31.9 Å². The lowest BCUT2D eigenvalue weighted by atomic mass is 10.1. The van der Waals surface area contributed by atoms with Crippen molar-refractivity contribution in [3.05, 3.63) is 41.7 Å². The molecule has 1 N–H and O–H groups in total. The van der Waals surface area contributed by atoms with Crippen molar-refractivity contribution in [3.63, 3.8) is 0 Å². The highest BCUT2D eigenvalue weighted by Gasteiger charge is 2.18. The zero-order chi connectivity index (χ0) is 14.0. The first-order chi connectivity index (χ1) is 8.94. The minimum Gasteiger partial charge on any atom is -0.279 e. The predicted octanol–water partition coefficient (Wildman–Crippen LogP) is 2.32. The Kier molecular flexibility index (Phi) is 3.61. The number of rotatable bonds is 4. The number of sulfonamides is 1. The molecule has 0 aliphatic rings. The summed E-state index contributed by atoms with van der Waals surface area (Å²) in [5, 5.41) is 3.98. The Morgan fingerprint density at radius 3 is 2.42 bits per heavy atom. The molecule has 2 aromatic rings. The van der Waals surface area contributed by atoms with Crippen LogP contribution in [-0.4, -0.2) is 18.2 Å². The summed E-state index contributed by atoms with van der Waals surface area (Å²) < 4.78 is 28.8. The van der Waals surface area contributed by atoms with E-state index in [0.717, 1.165) is 11.1 Å². The van der Waals surface area contributed by atoms with E-state index in [4.69, 9.17) is 0 Å². The lowest BCUT2D eigenvalue weighted by Gasteiger charge is -2.11. The van der Waals surface area contributed by atoms with Gasteiger partial charge in [0.05, 0.1) is 11.9 Å². The van der Waals surface area contributed by atoms with E-state index in [2.05, 4.69) is 9.82 Å². The van der Waals surface area contributed by atoms with Gasteiger partial charge in [0.25, 0.3) is 10.0 Å². The van der Waals surface area contributed by atoms with Crippen LogP contribution in [0.15, 0.2) is 35.5 Å². The van der Waals surface area contributed by atoms with Gasteiger partial charge in [-0.15, -0.1) is 0 Å². The molecule has 102 valence electrons. The van der Waals surface area contributed by atoms with Crippen molar-refractivity contribution >= 4 is 15.7 Å². The van der Waals surface area contributed by atoms with Gasteiger partial charge < -0.3 is 0 Å². The van der Waals surface area contributed by atoms with Crippen molar-refractivity contribution in [1.82, 2.24) is 9.78 Å². The SMILES string of the molecule is CCn1cc(S(=O)(=O)Nc2c(C)cccc2C)cn1. The average Bonchev–Trinajstić information content (AvgIpc) is 2.83. The largest absolute Gasteiger partial charge is 0.279 e. The summed E-state index contributed by atoms with van der Waals surface area (Å²) >= 11 is 0. The minimum absolute atomic E-state index is 0.178. The normalized spacial score (nSPS) is 11.5. The topological polar surface area (TPSA) is 64.0 Å². The number of para-hydroxylation sites is 1. The van der Waals surface area contributed by atoms with Gasteiger partial charge >= 0.3 is 0 Å². The number of aromatic nitrogens is 2. The summed E-state index contributed by atoms with van der Waals surface area (Å²) in [6, 6.07) is 5.65. The van der Waals surface area contributed by atoms with Gasteiger partial charge in [0.15, 0.2) is 0 Å². The molecule has 19 heavy (non-hydrogen) atoms. The van der Waals surface area contributed by atoms with Crippen molar-refractivity contribution in [2.75, 3.05) is 4.72 Å². The fraction of sp³-hybridized carbons (Fsp3) is 0.308. The summed E-state index contributed by atoms with van der Waals surface area (Å²) in [5.74, 6) is 0. The summed E-state index contributed by atoms with van der Waals surface area (Å²) in [4.78, 5) is 0.178. The van der Waals surface area contributed by atoms with Gasteiger partial charge in [-0.25, -0.2) is 8.42 Å². The molecule has 2 rings (SSSR count). The summed E-state index contributed by atoms with van der Waals surface area (Å²) in [7, 11) is -3.58. The quantitative estimate of drug-likeness (QED) is 0.934. The van der Waals surface area contributed by atoms with Gasteiger partial charge in [0, 0.05) is 12.7 Å². The molecule has 0 amide bonds. The molecule has 0 saturated heterocycles. The average molecular weight is 279 g/mol. The molecule has 1 aromatic heterocycles. The second-order valence-electron chi connectivity index (χ2n) is 4.40. The molecular weight excluding hydrogens is 262 g/mol. The third-order valence-corrected chi connectivity index (χ3v) is 4.27. The highest BCUT2D eigenvalue weighted by atomic mass is 32.2. The standard InChI is InChI=1S/C13H17N3O2S/c1-4-16-9-12(8-14-16)19(17,18)15-13-10(2)6-5-7-11(13)3/h5-9,15H,4H2,1-3H3. The molecule has 5 nitrogen and oxygen atoms in total. The van der Waals surface area contributed by atoms with Crippen molar-refractivity contribution in [3.8, 4) is 0 Å². The molecule has 0 bridgehead atoms. The molecule has 0 aliphatic heterocycles. The summed E-state index contributed by atoms with van der Waals surface area (Å²) in [5.41, 5.74) is 2.42. The van der Waals surface area contributed by atoms with Gasteiger partial charge in [-0.2, -0.15) is 5.10 Å². The molecule has 6 heteroatoms. The first-order valence-corrected chi connectivity index (χ1v) is 7.54. The van der Waals surface area contributed by atoms with Gasteiger partial charge in [-0.1, -0.05) is 18.2 Å². The van der Waals surface area contributed by atoms with Crippen LogP contribution in [-0.2, 0) is 16.6 Å². The van der Waals surface area contributed by atoms with E-state index in [9.17, 15) is 8.42 Å². The highest BCUT2D eigenvalue weighted by Crippen LogP contribution is 2.23. The second-order valence-corrected chi connectivity index (χ2v) is 6.09. The zero-order valence-corrected chi connectivity index (χ0v) is 12.0. The Hall–Kier alpha value is -1.82. The second kappa shape index (κ2) is 5.05. The summed E-state index contributed by atoms with van der Waals surface area (Å²) in [6.07, 6.45) is 2.88. The maximum Gasteiger partial charge on any atom is 0.265 e. The van der Waals surface area contributed by atoms with Gasteiger partial charge in [0.1, 0.15) is 4.90 Å². The van der Waals surface area contributed by atoms with E-state index in [1.165, 1.54) is 12.4 Å². The third-order valence-electron chi connectivity index (χ3n) is 2.96. The maximum absolute atomic E-state index is 12.3. The van der Waals surface area contributed by atoms with Crippen LogP contribution in [0.3, 0.4) is 0 Å². The van der Waals surface area contributed by atoms with E-state index in [-0.39, 0.29) is 4.90 Å². The monoisotopic (exact) mass is 279 g/mol. The van der Waals surface area contributed by atoms with Crippen molar-refractivity contribution < 1.29 is 8.42 Å². The molecule has 0 radical (unpaired) electrons. The molecule has 0 saturated carbocycles. The molecule has 0 unspecified atom stereocenters. The number of benzene rings is 1. The van der Waals surface area contributed by atoms with Crippen molar-refractivity contribution in [2.24, 2.45) is 0 Å².